The number of sulfonamides is 1. The molecule has 0 aliphatic heterocycles. The van der Waals surface area contributed by atoms with Crippen molar-refractivity contribution in [3.05, 3.63) is 94.8 Å². The van der Waals surface area contributed by atoms with E-state index >= 15 is 0 Å². The highest BCUT2D eigenvalue weighted by molar-refractivity contribution is 7.89. The minimum absolute atomic E-state index is 0.0684. The van der Waals surface area contributed by atoms with Crippen LogP contribution in [0, 0.1) is 12.7 Å². The van der Waals surface area contributed by atoms with Gasteiger partial charge in [0, 0.05) is 17.3 Å². The number of nitrogens with zero attached hydrogens (tertiary/aromatic N) is 1. The van der Waals surface area contributed by atoms with E-state index < -0.39 is 28.3 Å². The van der Waals surface area contributed by atoms with Gasteiger partial charge in [0.05, 0.1) is 11.4 Å². The highest BCUT2D eigenvalue weighted by Crippen LogP contribution is 2.22. The number of nitrogens with one attached hydrogen (secondary N) is 1. The number of anilines is 1. The summed E-state index contributed by atoms with van der Waals surface area (Å²) in [6.45, 7) is 1.31. The molecule has 0 aromatic heterocycles. The predicted octanol–water partition coefficient (Wildman–Crippen LogP) is 4.62. The molecular formula is C22H20ClFN2O3S. The Morgan fingerprint density at radius 2 is 1.70 bits per heavy atom. The Morgan fingerprint density at radius 3 is 2.37 bits per heavy atom. The summed E-state index contributed by atoms with van der Waals surface area (Å²) in [7, 11) is -3.96. The monoisotopic (exact) mass is 446 g/mol. The van der Waals surface area contributed by atoms with Crippen molar-refractivity contribution in [2.45, 2.75) is 18.4 Å². The van der Waals surface area contributed by atoms with E-state index in [-0.39, 0.29) is 11.4 Å². The molecule has 0 aliphatic rings. The average molecular weight is 447 g/mol. The first-order valence-electron chi connectivity index (χ1n) is 9.11. The van der Waals surface area contributed by atoms with Crippen molar-refractivity contribution in [1.29, 1.82) is 0 Å². The third-order valence-corrected chi connectivity index (χ3v) is 6.49. The number of halogens is 2. The first-order chi connectivity index (χ1) is 14.3. The number of carbonyl (C=O) groups excluding carboxylic acids is 1. The molecule has 3 rings (SSSR count). The third kappa shape index (κ3) is 5.44. The Hall–Kier alpha value is -2.74. The molecule has 0 spiro atoms. The summed E-state index contributed by atoms with van der Waals surface area (Å²) in [4.78, 5) is 12.8. The molecule has 3 aromatic rings. The van der Waals surface area contributed by atoms with Gasteiger partial charge in [-0.05, 0) is 54.4 Å². The number of hydrogen-bond donors (Lipinski definition) is 1. The number of benzene rings is 3. The smallest absolute Gasteiger partial charge is 0.243 e. The molecule has 156 valence electrons. The van der Waals surface area contributed by atoms with E-state index in [1.807, 2.05) is 6.92 Å². The van der Waals surface area contributed by atoms with Gasteiger partial charge in [-0.2, -0.15) is 4.31 Å². The first kappa shape index (κ1) is 22.0. The highest BCUT2D eigenvalue weighted by atomic mass is 35.5. The number of aryl methyl sites for hydroxylation is 1. The average Bonchev–Trinajstić information content (AvgIpc) is 2.72. The van der Waals surface area contributed by atoms with Gasteiger partial charge in [-0.15, -0.1) is 0 Å². The lowest BCUT2D eigenvalue weighted by atomic mass is 10.2. The maximum atomic E-state index is 13.2. The molecule has 0 aliphatic carbocycles. The van der Waals surface area contributed by atoms with Gasteiger partial charge in [0.2, 0.25) is 15.9 Å². The van der Waals surface area contributed by atoms with E-state index in [0.717, 1.165) is 9.87 Å². The van der Waals surface area contributed by atoms with Crippen LogP contribution >= 0.6 is 11.6 Å². The number of amides is 1. The summed E-state index contributed by atoms with van der Waals surface area (Å²) in [5.41, 5.74) is 1.86. The maximum Gasteiger partial charge on any atom is 0.243 e. The van der Waals surface area contributed by atoms with Crippen LogP contribution < -0.4 is 5.32 Å². The zero-order valence-electron chi connectivity index (χ0n) is 16.2. The second-order valence-electron chi connectivity index (χ2n) is 6.72. The first-order valence-corrected chi connectivity index (χ1v) is 10.9. The molecule has 1 amide bonds. The lowest BCUT2D eigenvalue weighted by Gasteiger charge is -2.22. The molecule has 3 aromatic carbocycles. The van der Waals surface area contributed by atoms with Crippen LogP contribution in [-0.2, 0) is 21.4 Å². The Kier molecular flexibility index (Phi) is 6.87. The van der Waals surface area contributed by atoms with Crippen LogP contribution in [0.3, 0.4) is 0 Å². The van der Waals surface area contributed by atoms with Crippen molar-refractivity contribution >= 4 is 33.2 Å². The van der Waals surface area contributed by atoms with Gasteiger partial charge < -0.3 is 5.32 Å². The van der Waals surface area contributed by atoms with E-state index in [1.165, 1.54) is 36.4 Å². The number of hydrogen-bond acceptors (Lipinski definition) is 3. The molecular weight excluding hydrogens is 427 g/mol. The standard InChI is InChI=1S/C22H20ClFN2O3S/c1-16-7-10-18(23)13-21(16)25-22(27)15-26(14-17-8-11-19(24)12-9-17)30(28,29)20-5-3-2-4-6-20/h2-13H,14-15H2,1H3,(H,25,27). The number of carbonyl (C=O) groups is 1. The molecule has 0 bridgehead atoms. The molecule has 0 atom stereocenters. The van der Waals surface area contributed by atoms with Gasteiger partial charge in [-0.3, -0.25) is 4.79 Å². The van der Waals surface area contributed by atoms with Crippen molar-refractivity contribution in [2.24, 2.45) is 0 Å². The zero-order valence-corrected chi connectivity index (χ0v) is 17.8. The molecule has 30 heavy (non-hydrogen) atoms. The van der Waals surface area contributed by atoms with Gasteiger partial charge in [-0.25, -0.2) is 12.8 Å². The quantitative estimate of drug-likeness (QED) is 0.576. The van der Waals surface area contributed by atoms with Gasteiger partial charge in [-0.1, -0.05) is 48.0 Å². The second-order valence-corrected chi connectivity index (χ2v) is 9.09. The van der Waals surface area contributed by atoms with E-state index in [1.54, 1.807) is 36.4 Å². The highest BCUT2D eigenvalue weighted by Gasteiger charge is 2.27. The minimum Gasteiger partial charge on any atom is -0.325 e. The summed E-state index contributed by atoms with van der Waals surface area (Å²) in [5, 5.41) is 3.17. The van der Waals surface area contributed by atoms with Crippen LogP contribution in [0.2, 0.25) is 5.02 Å². The van der Waals surface area contributed by atoms with Crippen LogP contribution in [0.25, 0.3) is 0 Å². The Bertz CT molecular complexity index is 1140. The van der Waals surface area contributed by atoms with Crippen LogP contribution in [0.5, 0.6) is 0 Å². The van der Waals surface area contributed by atoms with Gasteiger partial charge in [0.1, 0.15) is 5.82 Å². The molecule has 0 unspecified atom stereocenters. The zero-order chi connectivity index (χ0) is 21.7. The Morgan fingerprint density at radius 1 is 1.03 bits per heavy atom. The minimum atomic E-state index is -3.96. The predicted molar refractivity (Wildman–Crippen MR) is 115 cm³/mol. The molecule has 5 nitrogen and oxygen atoms in total. The molecule has 0 radical (unpaired) electrons. The van der Waals surface area contributed by atoms with Crippen LogP contribution in [0.15, 0.2) is 77.7 Å². The van der Waals surface area contributed by atoms with Crippen LogP contribution in [-0.4, -0.2) is 25.2 Å². The second kappa shape index (κ2) is 9.38. The van der Waals surface area contributed by atoms with E-state index in [9.17, 15) is 17.6 Å². The lowest BCUT2D eigenvalue weighted by Crippen LogP contribution is -2.37. The molecule has 8 heteroatoms. The lowest BCUT2D eigenvalue weighted by molar-refractivity contribution is -0.116. The van der Waals surface area contributed by atoms with Crippen molar-refractivity contribution < 1.29 is 17.6 Å². The van der Waals surface area contributed by atoms with Crippen LogP contribution in [0.1, 0.15) is 11.1 Å². The normalized spacial score (nSPS) is 11.5. The SMILES string of the molecule is Cc1ccc(Cl)cc1NC(=O)CN(Cc1ccc(F)cc1)S(=O)(=O)c1ccccc1. The van der Waals surface area contributed by atoms with Crippen molar-refractivity contribution in [1.82, 2.24) is 4.31 Å². The van der Waals surface area contributed by atoms with Gasteiger partial charge in [0.25, 0.3) is 0 Å². The number of rotatable bonds is 7. The maximum absolute atomic E-state index is 13.2. The summed E-state index contributed by atoms with van der Waals surface area (Å²) in [6, 6.07) is 18.4. The molecule has 0 saturated carbocycles. The van der Waals surface area contributed by atoms with Crippen molar-refractivity contribution in [2.75, 3.05) is 11.9 Å². The fourth-order valence-electron chi connectivity index (χ4n) is 2.84. The van der Waals surface area contributed by atoms with Gasteiger partial charge in [0.15, 0.2) is 0 Å². The Labute approximate surface area is 180 Å². The van der Waals surface area contributed by atoms with Crippen molar-refractivity contribution in [3.8, 4) is 0 Å². The van der Waals surface area contributed by atoms with E-state index in [0.29, 0.717) is 16.3 Å². The third-order valence-electron chi connectivity index (χ3n) is 4.45. The van der Waals surface area contributed by atoms with Crippen molar-refractivity contribution in [3.63, 3.8) is 0 Å². The molecule has 0 saturated heterocycles. The van der Waals surface area contributed by atoms with Gasteiger partial charge >= 0.3 is 0 Å². The summed E-state index contributed by atoms with van der Waals surface area (Å²) < 4.78 is 40.6. The fourth-order valence-corrected chi connectivity index (χ4v) is 4.42. The fraction of sp³-hybridized carbons (Fsp3) is 0.136. The largest absolute Gasteiger partial charge is 0.325 e. The molecule has 1 N–H and O–H groups in total. The molecule has 0 heterocycles. The summed E-state index contributed by atoms with van der Waals surface area (Å²) >= 11 is 5.99. The summed E-state index contributed by atoms with van der Waals surface area (Å²) in [5.74, 6) is -0.938. The van der Waals surface area contributed by atoms with Crippen LogP contribution in [0.4, 0.5) is 10.1 Å². The topological polar surface area (TPSA) is 66.5 Å². The molecule has 0 fully saturated rings. The van der Waals surface area contributed by atoms with E-state index in [2.05, 4.69) is 5.32 Å². The van der Waals surface area contributed by atoms with E-state index in [4.69, 9.17) is 11.6 Å². The Balaban J connectivity index is 1.87. The summed E-state index contributed by atoms with van der Waals surface area (Å²) in [6.07, 6.45) is 0.